The first-order valence-electron chi connectivity index (χ1n) is 7.83. The Bertz CT molecular complexity index is 623. The second kappa shape index (κ2) is 6.75. The lowest BCUT2D eigenvalue weighted by Gasteiger charge is -2.26. The SMILES string of the molecule is C[C@H]1C[C@@H](C(=O)NCc2ncc(-c3ccccc3)[nH]2)CCN1. The molecule has 1 amide bonds. The molecule has 1 aliphatic rings. The van der Waals surface area contributed by atoms with E-state index in [4.69, 9.17) is 0 Å². The molecule has 2 heterocycles. The van der Waals surface area contributed by atoms with Gasteiger partial charge in [-0.05, 0) is 31.9 Å². The number of hydrogen-bond donors (Lipinski definition) is 3. The van der Waals surface area contributed by atoms with E-state index in [1.165, 1.54) is 0 Å². The Labute approximate surface area is 130 Å². The van der Waals surface area contributed by atoms with E-state index in [9.17, 15) is 4.79 Å². The van der Waals surface area contributed by atoms with Gasteiger partial charge in [0, 0.05) is 12.0 Å². The predicted molar refractivity (Wildman–Crippen MR) is 86.1 cm³/mol. The Morgan fingerprint density at radius 2 is 2.18 bits per heavy atom. The van der Waals surface area contributed by atoms with Gasteiger partial charge in [-0.25, -0.2) is 4.98 Å². The zero-order valence-electron chi connectivity index (χ0n) is 12.8. The van der Waals surface area contributed by atoms with Crippen LogP contribution in [0.5, 0.6) is 0 Å². The van der Waals surface area contributed by atoms with Gasteiger partial charge in [0.2, 0.25) is 5.91 Å². The Morgan fingerprint density at radius 3 is 2.95 bits per heavy atom. The number of imidazole rings is 1. The minimum atomic E-state index is 0.111. The molecule has 1 aliphatic heterocycles. The van der Waals surface area contributed by atoms with Gasteiger partial charge in [0.15, 0.2) is 0 Å². The van der Waals surface area contributed by atoms with Gasteiger partial charge in [-0.1, -0.05) is 30.3 Å². The number of amides is 1. The number of carbonyl (C=O) groups is 1. The van der Waals surface area contributed by atoms with Crippen molar-refractivity contribution < 1.29 is 4.79 Å². The number of aromatic amines is 1. The summed E-state index contributed by atoms with van der Waals surface area (Å²) in [5, 5.41) is 6.36. The van der Waals surface area contributed by atoms with Gasteiger partial charge in [0.1, 0.15) is 5.82 Å². The van der Waals surface area contributed by atoms with Gasteiger partial charge in [-0.2, -0.15) is 0 Å². The number of nitrogens with one attached hydrogen (secondary N) is 3. The lowest BCUT2D eigenvalue weighted by Crippen LogP contribution is -2.42. The lowest BCUT2D eigenvalue weighted by molar-refractivity contribution is -0.126. The molecule has 0 unspecified atom stereocenters. The summed E-state index contributed by atoms with van der Waals surface area (Å²) in [6.07, 6.45) is 3.62. The monoisotopic (exact) mass is 298 g/mol. The molecular formula is C17H22N4O. The molecule has 2 atom stereocenters. The maximum atomic E-state index is 12.2. The quantitative estimate of drug-likeness (QED) is 0.809. The van der Waals surface area contributed by atoms with E-state index in [1.54, 1.807) is 0 Å². The van der Waals surface area contributed by atoms with Crippen molar-refractivity contribution in [2.24, 2.45) is 5.92 Å². The lowest BCUT2D eigenvalue weighted by atomic mass is 9.92. The maximum Gasteiger partial charge on any atom is 0.223 e. The molecule has 1 fully saturated rings. The summed E-state index contributed by atoms with van der Waals surface area (Å²) in [5.41, 5.74) is 2.07. The van der Waals surface area contributed by atoms with Crippen LogP contribution in [0.4, 0.5) is 0 Å². The second-order valence-electron chi connectivity index (χ2n) is 5.90. The first-order chi connectivity index (χ1) is 10.7. The summed E-state index contributed by atoms with van der Waals surface area (Å²) in [4.78, 5) is 19.8. The Hall–Kier alpha value is -2.14. The normalized spacial score (nSPS) is 21.5. The summed E-state index contributed by atoms with van der Waals surface area (Å²) >= 11 is 0. The van der Waals surface area contributed by atoms with Crippen molar-refractivity contribution in [3.05, 3.63) is 42.4 Å². The molecule has 2 aromatic rings. The molecule has 0 bridgehead atoms. The molecular weight excluding hydrogens is 276 g/mol. The third-order valence-corrected chi connectivity index (χ3v) is 4.14. The van der Waals surface area contributed by atoms with Gasteiger partial charge in [-0.3, -0.25) is 4.79 Å². The van der Waals surface area contributed by atoms with E-state index in [1.807, 2.05) is 36.5 Å². The van der Waals surface area contributed by atoms with Crippen LogP contribution in [0, 0.1) is 5.92 Å². The fraction of sp³-hybridized carbons (Fsp3) is 0.412. The number of hydrogen-bond acceptors (Lipinski definition) is 3. The standard InChI is InChI=1S/C17H22N4O/c1-12-9-14(7-8-18-12)17(22)20-11-16-19-10-15(21-16)13-5-3-2-4-6-13/h2-6,10,12,14,18H,7-9,11H2,1H3,(H,19,21)(H,20,22)/t12-,14-/m0/s1. The van der Waals surface area contributed by atoms with E-state index in [-0.39, 0.29) is 11.8 Å². The van der Waals surface area contributed by atoms with Crippen LogP contribution in [0.25, 0.3) is 11.3 Å². The third-order valence-electron chi connectivity index (χ3n) is 4.14. The number of aromatic nitrogens is 2. The van der Waals surface area contributed by atoms with E-state index in [0.717, 1.165) is 36.5 Å². The molecule has 116 valence electrons. The van der Waals surface area contributed by atoms with Crippen LogP contribution in [0.3, 0.4) is 0 Å². The maximum absolute atomic E-state index is 12.2. The average Bonchev–Trinajstić information content (AvgIpc) is 3.02. The summed E-state index contributed by atoms with van der Waals surface area (Å²) in [6, 6.07) is 10.5. The van der Waals surface area contributed by atoms with E-state index in [0.29, 0.717) is 12.6 Å². The summed E-state index contributed by atoms with van der Waals surface area (Å²) in [6.45, 7) is 3.49. The fourth-order valence-electron chi connectivity index (χ4n) is 2.90. The first-order valence-corrected chi connectivity index (χ1v) is 7.83. The van der Waals surface area contributed by atoms with Crippen LogP contribution >= 0.6 is 0 Å². The molecule has 0 aliphatic carbocycles. The van der Waals surface area contributed by atoms with Crippen molar-refractivity contribution in [1.82, 2.24) is 20.6 Å². The van der Waals surface area contributed by atoms with Crippen LogP contribution in [-0.4, -0.2) is 28.5 Å². The largest absolute Gasteiger partial charge is 0.349 e. The highest BCUT2D eigenvalue weighted by atomic mass is 16.1. The molecule has 1 aromatic carbocycles. The highest BCUT2D eigenvalue weighted by Gasteiger charge is 2.24. The Morgan fingerprint density at radius 1 is 1.36 bits per heavy atom. The van der Waals surface area contributed by atoms with Gasteiger partial charge in [0.05, 0.1) is 18.4 Å². The van der Waals surface area contributed by atoms with Gasteiger partial charge in [-0.15, -0.1) is 0 Å². The van der Waals surface area contributed by atoms with Crippen LogP contribution in [0.2, 0.25) is 0 Å². The molecule has 1 saturated heterocycles. The van der Waals surface area contributed by atoms with Crippen molar-refractivity contribution in [1.29, 1.82) is 0 Å². The van der Waals surface area contributed by atoms with Crippen molar-refractivity contribution in [2.75, 3.05) is 6.54 Å². The molecule has 3 rings (SSSR count). The van der Waals surface area contributed by atoms with Crippen molar-refractivity contribution in [3.8, 4) is 11.3 Å². The highest BCUT2D eigenvalue weighted by Crippen LogP contribution is 2.17. The number of nitrogens with zero attached hydrogens (tertiary/aromatic N) is 1. The van der Waals surface area contributed by atoms with Gasteiger partial charge >= 0.3 is 0 Å². The summed E-state index contributed by atoms with van der Waals surface area (Å²) in [7, 11) is 0. The van der Waals surface area contributed by atoms with Crippen LogP contribution in [0.15, 0.2) is 36.5 Å². The second-order valence-corrected chi connectivity index (χ2v) is 5.90. The van der Waals surface area contributed by atoms with Crippen LogP contribution in [0.1, 0.15) is 25.6 Å². The van der Waals surface area contributed by atoms with E-state index in [2.05, 4.69) is 27.5 Å². The molecule has 0 saturated carbocycles. The number of H-pyrrole nitrogens is 1. The smallest absolute Gasteiger partial charge is 0.223 e. The number of piperidine rings is 1. The summed E-state index contributed by atoms with van der Waals surface area (Å²) in [5.74, 6) is 1.03. The van der Waals surface area contributed by atoms with E-state index < -0.39 is 0 Å². The highest BCUT2D eigenvalue weighted by molar-refractivity contribution is 5.78. The molecule has 0 radical (unpaired) electrons. The fourth-order valence-corrected chi connectivity index (χ4v) is 2.90. The molecule has 5 nitrogen and oxygen atoms in total. The number of rotatable bonds is 4. The van der Waals surface area contributed by atoms with E-state index >= 15 is 0 Å². The molecule has 22 heavy (non-hydrogen) atoms. The minimum Gasteiger partial charge on any atom is -0.349 e. The Kier molecular flexibility index (Phi) is 4.53. The molecule has 1 aromatic heterocycles. The molecule has 3 N–H and O–H groups in total. The average molecular weight is 298 g/mol. The van der Waals surface area contributed by atoms with Gasteiger partial charge in [0.25, 0.3) is 0 Å². The Balaban J connectivity index is 1.56. The van der Waals surface area contributed by atoms with Crippen molar-refractivity contribution in [2.45, 2.75) is 32.4 Å². The minimum absolute atomic E-state index is 0.111. The zero-order chi connectivity index (χ0) is 15.4. The van der Waals surface area contributed by atoms with Crippen molar-refractivity contribution >= 4 is 5.91 Å². The van der Waals surface area contributed by atoms with Gasteiger partial charge < -0.3 is 15.6 Å². The number of benzene rings is 1. The zero-order valence-corrected chi connectivity index (χ0v) is 12.8. The van der Waals surface area contributed by atoms with Crippen LogP contribution in [-0.2, 0) is 11.3 Å². The van der Waals surface area contributed by atoms with Crippen LogP contribution < -0.4 is 10.6 Å². The molecule has 5 heteroatoms. The number of carbonyl (C=O) groups excluding carboxylic acids is 1. The molecule has 0 spiro atoms. The predicted octanol–water partition coefficient (Wildman–Crippen LogP) is 2.08. The first kappa shape index (κ1) is 14.8. The summed E-state index contributed by atoms with van der Waals surface area (Å²) < 4.78 is 0. The third kappa shape index (κ3) is 3.54. The van der Waals surface area contributed by atoms with Crippen molar-refractivity contribution in [3.63, 3.8) is 0 Å². The topological polar surface area (TPSA) is 69.8 Å².